The Morgan fingerprint density at radius 3 is 2.36 bits per heavy atom. The topological polar surface area (TPSA) is 56.3 Å². The molecule has 0 N–H and O–H groups in total. The monoisotopic (exact) mass is 291 g/mol. The highest BCUT2D eigenvalue weighted by Gasteiger charge is 2.16. The summed E-state index contributed by atoms with van der Waals surface area (Å²) in [6.07, 6.45) is 3.77. The minimum Gasteiger partial charge on any atom is -0.456 e. The van der Waals surface area contributed by atoms with E-state index in [0.717, 1.165) is 5.56 Å². The van der Waals surface area contributed by atoms with E-state index >= 15 is 0 Å². The molecular weight excluding hydrogens is 278 g/mol. The van der Waals surface area contributed by atoms with Crippen molar-refractivity contribution in [3.05, 3.63) is 88.2 Å². The van der Waals surface area contributed by atoms with E-state index < -0.39 is 4.92 Å². The van der Waals surface area contributed by atoms with Crippen molar-refractivity contribution < 1.29 is 9.34 Å². The number of hydrogen-bond acceptors (Lipinski definition) is 3. The lowest BCUT2D eigenvalue weighted by atomic mass is 10.1. The fraction of sp³-hybridized carbons (Fsp3) is 0. The van der Waals surface area contributed by atoms with Crippen LogP contribution in [-0.4, -0.2) is 4.92 Å². The smallest absolute Gasteiger partial charge is 0.280 e. The van der Waals surface area contributed by atoms with Crippen LogP contribution in [0.1, 0.15) is 11.3 Å². The van der Waals surface area contributed by atoms with Gasteiger partial charge in [-0.05, 0) is 29.8 Å². The predicted molar refractivity (Wildman–Crippen MR) is 86.2 cm³/mol. The van der Waals surface area contributed by atoms with E-state index in [2.05, 4.69) is 0 Å². The molecule has 0 atom stereocenters. The van der Waals surface area contributed by atoms with Crippen LogP contribution in [0.2, 0.25) is 0 Å². The van der Waals surface area contributed by atoms with Gasteiger partial charge in [0.25, 0.3) is 5.69 Å². The molecule has 2 aromatic carbocycles. The molecule has 4 nitrogen and oxygen atoms in total. The molecule has 3 aromatic rings. The zero-order valence-electron chi connectivity index (χ0n) is 11.7. The second-order valence-electron chi connectivity index (χ2n) is 4.72. The predicted octanol–water partition coefficient (Wildman–Crippen LogP) is 5.03. The highest BCUT2D eigenvalue weighted by atomic mass is 16.6. The molecule has 108 valence electrons. The Morgan fingerprint density at radius 2 is 1.59 bits per heavy atom. The van der Waals surface area contributed by atoms with Crippen molar-refractivity contribution in [3.63, 3.8) is 0 Å². The lowest BCUT2D eigenvalue weighted by molar-refractivity contribution is -0.384. The van der Waals surface area contributed by atoms with Crippen molar-refractivity contribution in [1.29, 1.82) is 0 Å². The van der Waals surface area contributed by atoms with Crippen molar-refractivity contribution in [2.24, 2.45) is 0 Å². The van der Waals surface area contributed by atoms with Gasteiger partial charge in [-0.3, -0.25) is 10.1 Å². The number of hydrogen-bond donors (Lipinski definition) is 0. The van der Waals surface area contributed by atoms with Crippen LogP contribution in [0, 0.1) is 10.1 Å². The van der Waals surface area contributed by atoms with E-state index in [0.29, 0.717) is 17.1 Å². The third-order valence-corrected chi connectivity index (χ3v) is 3.23. The minimum absolute atomic E-state index is 0.0374. The number of furan rings is 1. The van der Waals surface area contributed by atoms with Gasteiger partial charge in [0.2, 0.25) is 0 Å². The maximum absolute atomic E-state index is 11.1. The number of para-hydroxylation sites is 1. The van der Waals surface area contributed by atoms with Crippen molar-refractivity contribution in [2.75, 3.05) is 0 Å². The van der Waals surface area contributed by atoms with E-state index in [4.69, 9.17) is 4.42 Å². The summed E-state index contributed by atoms with van der Waals surface area (Å²) in [5.74, 6) is 1.14. The zero-order chi connectivity index (χ0) is 15.4. The summed E-state index contributed by atoms with van der Waals surface area (Å²) in [5, 5.41) is 11.1. The number of benzene rings is 2. The standard InChI is InChI=1S/C18H13NO3/c20-19(21)17-9-5-4-8-16(17)18-13-12-15(22-18)11-10-14-6-2-1-3-7-14/h1-13H/b11-10+. The van der Waals surface area contributed by atoms with Crippen LogP contribution in [0.15, 0.2) is 71.1 Å². The van der Waals surface area contributed by atoms with E-state index in [1.165, 1.54) is 6.07 Å². The van der Waals surface area contributed by atoms with Crippen LogP contribution in [0.5, 0.6) is 0 Å². The third-order valence-electron chi connectivity index (χ3n) is 3.23. The van der Waals surface area contributed by atoms with Gasteiger partial charge in [-0.1, -0.05) is 48.5 Å². The van der Waals surface area contributed by atoms with Crippen LogP contribution < -0.4 is 0 Å². The van der Waals surface area contributed by atoms with Gasteiger partial charge in [-0.15, -0.1) is 0 Å². The molecule has 0 bridgehead atoms. The fourth-order valence-corrected chi connectivity index (χ4v) is 2.17. The molecule has 0 amide bonds. The quantitative estimate of drug-likeness (QED) is 0.500. The molecular formula is C18H13NO3. The Kier molecular flexibility index (Phi) is 3.83. The SMILES string of the molecule is O=[N+]([O-])c1ccccc1-c1ccc(/C=C/c2ccccc2)o1. The highest BCUT2D eigenvalue weighted by Crippen LogP contribution is 2.31. The summed E-state index contributed by atoms with van der Waals surface area (Å²) in [7, 11) is 0. The van der Waals surface area contributed by atoms with Crippen LogP contribution in [0.3, 0.4) is 0 Å². The van der Waals surface area contributed by atoms with E-state index in [9.17, 15) is 10.1 Å². The highest BCUT2D eigenvalue weighted by molar-refractivity contribution is 5.72. The summed E-state index contributed by atoms with van der Waals surface area (Å²) in [6.45, 7) is 0. The molecule has 0 saturated carbocycles. The third kappa shape index (κ3) is 2.96. The first-order valence-corrected chi connectivity index (χ1v) is 6.81. The van der Waals surface area contributed by atoms with Crippen LogP contribution in [-0.2, 0) is 0 Å². The first-order chi connectivity index (χ1) is 10.7. The molecule has 3 rings (SSSR count). The van der Waals surface area contributed by atoms with Crippen molar-refractivity contribution in [1.82, 2.24) is 0 Å². The van der Waals surface area contributed by atoms with Crippen LogP contribution in [0.25, 0.3) is 23.5 Å². The van der Waals surface area contributed by atoms with Gasteiger partial charge >= 0.3 is 0 Å². The average Bonchev–Trinajstić information content (AvgIpc) is 3.03. The first kappa shape index (κ1) is 13.8. The van der Waals surface area contributed by atoms with Gasteiger partial charge in [0.05, 0.1) is 10.5 Å². The summed E-state index contributed by atoms with van der Waals surface area (Å²) in [6, 6.07) is 19.9. The molecule has 0 fully saturated rings. The summed E-state index contributed by atoms with van der Waals surface area (Å²) >= 11 is 0. The summed E-state index contributed by atoms with van der Waals surface area (Å²) in [4.78, 5) is 10.7. The molecule has 0 saturated heterocycles. The van der Waals surface area contributed by atoms with E-state index in [-0.39, 0.29) is 5.69 Å². The van der Waals surface area contributed by atoms with Crippen LogP contribution in [0.4, 0.5) is 5.69 Å². The number of nitro benzene ring substituents is 1. The normalized spacial score (nSPS) is 10.9. The first-order valence-electron chi connectivity index (χ1n) is 6.81. The molecule has 1 heterocycles. The molecule has 1 aromatic heterocycles. The molecule has 0 aliphatic heterocycles. The number of nitrogens with zero attached hydrogens (tertiary/aromatic N) is 1. The maximum Gasteiger partial charge on any atom is 0.280 e. The van der Waals surface area contributed by atoms with Gasteiger partial charge in [-0.2, -0.15) is 0 Å². The Hall–Kier alpha value is -3.14. The van der Waals surface area contributed by atoms with Crippen molar-refractivity contribution in [2.45, 2.75) is 0 Å². The fourth-order valence-electron chi connectivity index (χ4n) is 2.17. The maximum atomic E-state index is 11.1. The lowest BCUT2D eigenvalue weighted by Gasteiger charge is -1.98. The summed E-state index contributed by atoms with van der Waals surface area (Å²) < 4.78 is 5.69. The number of nitro groups is 1. The van der Waals surface area contributed by atoms with Gasteiger partial charge in [0.1, 0.15) is 11.5 Å². The molecule has 0 spiro atoms. The van der Waals surface area contributed by atoms with Gasteiger partial charge < -0.3 is 4.42 Å². The number of rotatable bonds is 4. The molecule has 0 aliphatic carbocycles. The summed E-state index contributed by atoms with van der Waals surface area (Å²) in [5.41, 5.74) is 1.58. The molecule has 0 aliphatic rings. The largest absolute Gasteiger partial charge is 0.456 e. The second kappa shape index (κ2) is 6.10. The molecule has 4 heteroatoms. The van der Waals surface area contributed by atoms with Gasteiger partial charge in [-0.25, -0.2) is 0 Å². The lowest BCUT2D eigenvalue weighted by Crippen LogP contribution is -1.90. The molecule has 22 heavy (non-hydrogen) atoms. The van der Waals surface area contributed by atoms with Crippen molar-refractivity contribution >= 4 is 17.8 Å². The Morgan fingerprint density at radius 1 is 0.864 bits per heavy atom. The van der Waals surface area contributed by atoms with Crippen LogP contribution >= 0.6 is 0 Å². The molecule has 0 unspecified atom stereocenters. The van der Waals surface area contributed by atoms with Gasteiger partial charge in [0, 0.05) is 6.07 Å². The average molecular weight is 291 g/mol. The Bertz CT molecular complexity index is 819. The molecule has 0 radical (unpaired) electrons. The van der Waals surface area contributed by atoms with Crippen molar-refractivity contribution in [3.8, 4) is 11.3 Å². The van der Waals surface area contributed by atoms with E-state index in [1.807, 2.05) is 42.5 Å². The zero-order valence-corrected chi connectivity index (χ0v) is 11.7. The van der Waals surface area contributed by atoms with E-state index in [1.54, 1.807) is 30.3 Å². The minimum atomic E-state index is -0.405. The van der Waals surface area contributed by atoms with Gasteiger partial charge in [0.15, 0.2) is 0 Å². The second-order valence-corrected chi connectivity index (χ2v) is 4.72. The Balaban J connectivity index is 1.89. The Labute approximate surface area is 127 Å².